The quantitative estimate of drug-likeness (QED) is 0.756. The lowest BCUT2D eigenvalue weighted by molar-refractivity contribution is 0.0963. The number of hydrogen-bond acceptors (Lipinski definition) is 4. The number of methoxy groups -OCH3 is 2. The van der Waals surface area contributed by atoms with Crippen molar-refractivity contribution >= 4 is 5.78 Å². The van der Waals surface area contributed by atoms with E-state index in [4.69, 9.17) is 9.47 Å². The fourth-order valence-electron chi connectivity index (χ4n) is 2.91. The van der Waals surface area contributed by atoms with Crippen molar-refractivity contribution < 1.29 is 14.3 Å². The number of nitrogens with zero attached hydrogens (tertiary/aromatic N) is 1. The van der Waals surface area contributed by atoms with E-state index in [9.17, 15) is 4.79 Å². The van der Waals surface area contributed by atoms with E-state index in [1.807, 2.05) is 18.2 Å². The van der Waals surface area contributed by atoms with E-state index in [0.717, 1.165) is 43.1 Å². The van der Waals surface area contributed by atoms with Crippen molar-refractivity contribution in [1.29, 1.82) is 0 Å². The van der Waals surface area contributed by atoms with E-state index in [0.29, 0.717) is 5.92 Å². The lowest BCUT2D eigenvalue weighted by Gasteiger charge is -2.32. The molecule has 116 valence electrons. The van der Waals surface area contributed by atoms with Crippen LogP contribution in [0.1, 0.15) is 35.7 Å². The highest BCUT2D eigenvalue weighted by Crippen LogP contribution is 2.25. The molecule has 0 saturated carbocycles. The van der Waals surface area contributed by atoms with Crippen molar-refractivity contribution in [2.45, 2.75) is 26.3 Å². The number of piperidine rings is 1. The summed E-state index contributed by atoms with van der Waals surface area (Å²) in [4.78, 5) is 14.0. The van der Waals surface area contributed by atoms with Gasteiger partial charge in [0.2, 0.25) is 0 Å². The summed E-state index contributed by atoms with van der Waals surface area (Å²) < 4.78 is 10.7. The molecular weight excluding hydrogens is 266 g/mol. The lowest BCUT2D eigenvalue weighted by atomic mass is 9.97. The molecule has 0 radical (unpaired) electrons. The van der Waals surface area contributed by atoms with Gasteiger partial charge in [-0.2, -0.15) is 0 Å². The smallest absolute Gasteiger partial charge is 0.159 e. The van der Waals surface area contributed by atoms with Crippen LogP contribution in [0.3, 0.4) is 0 Å². The summed E-state index contributed by atoms with van der Waals surface area (Å²) in [6.45, 7) is 5.44. The molecular formula is C17H25NO3. The summed E-state index contributed by atoms with van der Waals surface area (Å²) in [5.41, 5.74) is 1.84. The molecule has 4 nitrogen and oxygen atoms in total. The first-order valence-electron chi connectivity index (χ1n) is 7.53. The Kier molecular flexibility index (Phi) is 5.76. The van der Waals surface area contributed by atoms with E-state index < -0.39 is 0 Å². The molecule has 1 aromatic rings. The molecule has 0 amide bonds. The highest BCUT2D eigenvalue weighted by atomic mass is 16.5. The molecule has 0 spiro atoms. The Morgan fingerprint density at radius 2 is 2.00 bits per heavy atom. The van der Waals surface area contributed by atoms with Crippen molar-refractivity contribution in [2.75, 3.05) is 33.9 Å². The van der Waals surface area contributed by atoms with E-state index in [1.165, 1.54) is 12.8 Å². The Balaban J connectivity index is 2.02. The van der Waals surface area contributed by atoms with Crippen LogP contribution < -0.4 is 4.74 Å². The number of benzene rings is 1. The van der Waals surface area contributed by atoms with Gasteiger partial charge in [0.25, 0.3) is 0 Å². The maximum Gasteiger partial charge on any atom is 0.159 e. The Labute approximate surface area is 127 Å². The van der Waals surface area contributed by atoms with Crippen LogP contribution in [-0.2, 0) is 11.3 Å². The standard InChI is InChI=1S/C17H25NO3/c1-13(19)15-4-5-17(21-3)16(10-15)11-18-8-6-14(7-9-18)12-20-2/h4-5,10,14H,6-9,11-12H2,1-3H3. The fourth-order valence-corrected chi connectivity index (χ4v) is 2.91. The van der Waals surface area contributed by atoms with Crippen molar-refractivity contribution in [3.63, 3.8) is 0 Å². The number of Topliss-reactive ketones (excluding diaryl/α,β-unsaturated/α-hetero) is 1. The van der Waals surface area contributed by atoms with Gasteiger partial charge in [0.05, 0.1) is 7.11 Å². The van der Waals surface area contributed by atoms with Crippen molar-refractivity contribution in [3.8, 4) is 5.75 Å². The van der Waals surface area contributed by atoms with Crippen LogP contribution in [0, 0.1) is 5.92 Å². The van der Waals surface area contributed by atoms with Crippen molar-refractivity contribution in [3.05, 3.63) is 29.3 Å². The van der Waals surface area contributed by atoms with Gasteiger partial charge in [0, 0.05) is 31.4 Å². The van der Waals surface area contributed by atoms with Gasteiger partial charge in [0.1, 0.15) is 5.75 Å². The van der Waals surface area contributed by atoms with Crippen molar-refractivity contribution in [2.24, 2.45) is 5.92 Å². The van der Waals surface area contributed by atoms with Crippen LogP contribution in [0.5, 0.6) is 5.75 Å². The molecule has 1 fully saturated rings. The summed E-state index contributed by atoms with van der Waals surface area (Å²) in [5.74, 6) is 1.63. The van der Waals surface area contributed by atoms with Gasteiger partial charge in [-0.3, -0.25) is 9.69 Å². The first-order chi connectivity index (χ1) is 10.1. The van der Waals surface area contributed by atoms with Crippen LogP contribution >= 0.6 is 0 Å². The molecule has 4 heteroatoms. The van der Waals surface area contributed by atoms with Crippen LogP contribution in [0.15, 0.2) is 18.2 Å². The number of carbonyl (C=O) groups excluding carboxylic acids is 1. The third kappa shape index (κ3) is 4.29. The average molecular weight is 291 g/mol. The minimum Gasteiger partial charge on any atom is -0.496 e. The van der Waals surface area contributed by atoms with Crippen LogP contribution in [0.25, 0.3) is 0 Å². The lowest BCUT2D eigenvalue weighted by Crippen LogP contribution is -2.34. The number of carbonyl (C=O) groups is 1. The van der Waals surface area contributed by atoms with Gasteiger partial charge in [-0.25, -0.2) is 0 Å². The van der Waals surface area contributed by atoms with Crippen LogP contribution in [0.4, 0.5) is 0 Å². The number of likely N-dealkylation sites (tertiary alicyclic amines) is 1. The molecule has 0 aliphatic carbocycles. The van der Waals surface area contributed by atoms with Crippen molar-refractivity contribution in [1.82, 2.24) is 4.90 Å². The number of ketones is 1. The molecule has 21 heavy (non-hydrogen) atoms. The topological polar surface area (TPSA) is 38.8 Å². The zero-order chi connectivity index (χ0) is 15.2. The second kappa shape index (κ2) is 7.57. The fraction of sp³-hybridized carbons (Fsp3) is 0.588. The third-order valence-electron chi connectivity index (χ3n) is 4.19. The zero-order valence-electron chi connectivity index (χ0n) is 13.2. The summed E-state index contributed by atoms with van der Waals surface area (Å²) >= 11 is 0. The Hall–Kier alpha value is -1.39. The van der Waals surface area contributed by atoms with E-state index in [2.05, 4.69) is 4.90 Å². The molecule has 1 aromatic carbocycles. The van der Waals surface area contributed by atoms with E-state index in [-0.39, 0.29) is 5.78 Å². The summed E-state index contributed by atoms with van der Waals surface area (Å²) in [6, 6.07) is 5.68. The predicted molar refractivity (Wildman–Crippen MR) is 82.9 cm³/mol. The molecule has 0 bridgehead atoms. The largest absolute Gasteiger partial charge is 0.496 e. The third-order valence-corrected chi connectivity index (χ3v) is 4.19. The summed E-state index contributed by atoms with van der Waals surface area (Å²) in [7, 11) is 3.45. The predicted octanol–water partition coefficient (Wildman–Crippen LogP) is 2.76. The second-order valence-corrected chi connectivity index (χ2v) is 5.76. The molecule has 0 atom stereocenters. The van der Waals surface area contributed by atoms with Gasteiger partial charge >= 0.3 is 0 Å². The molecule has 1 aliphatic heterocycles. The Morgan fingerprint density at radius 3 is 2.57 bits per heavy atom. The minimum atomic E-state index is 0.0951. The van der Waals surface area contributed by atoms with Gasteiger partial charge < -0.3 is 9.47 Å². The summed E-state index contributed by atoms with van der Waals surface area (Å²) in [6.07, 6.45) is 2.34. The SMILES string of the molecule is COCC1CCN(Cc2cc(C(C)=O)ccc2OC)CC1. The maximum absolute atomic E-state index is 11.5. The van der Waals surface area contributed by atoms with Gasteiger partial charge in [-0.1, -0.05) is 0 Å². The maximum atomic E-state index is 11.5. The Bertz CT molecular complexity index is 479. The Morgan fingerprint density at radius 1 is 1.29 bits per heavy atom. The monoisotopic (exact) mass is 291 g/mol. The normalized spacial score (nSPS) is 16.9. The number of ether oxygens (including phenoxy) is 2. The number of rotatable bonds is 6. The minimum absolute atomic E-state index is 0.0951. The van der Waals surface area contributed by atoms with E-state index >= 15 is 0 Å². The molecule has 0 N–H and O–H groups in total. The summed E-state index contributed by atoms with van der Waals surface area (Å²) in [5, 5.41) is 0. The molecule has 0 aromatic heterocycles. The average Bonchev–Trinajstić information content (AvgIpc) is 2.49. The van der Waals surface area contributed by atoms with E-state index in [1.54, 1.807) is 21.1 Å². The molecule has 1 saturated heterocycles. The highest BCUT2D eigenvalue weighted by molar-refractivity contribution is 5.94. The van der Waals surface area contributed by atoms with Gasteiger partial charge in [-0.15, -0.1) is 0 Å². The zero-order valence-corrected chi connectivity index (χ0v) is 13.2. The molecule has 1 aliphatic rings. The first-order valence-corrected chi connectivity index (χ1v) is 7.53. The molecule has 1 heterocycles. The first kappa shape index (κ1) is 16.0. The van der Waals surface area contributed by atoms with Gasteiger partial charge in [-0.05, 0) is 57.0 Å². The molecule has 0 unspecified atom stereocenters. The van der Waals surface area contributed by atoms with Crippen LogP contribution in [-0.4, -0.2) is 44.6 Å². The molecule has 2 rings (SSSR count). The highest BCUT2D eigenvalue weighted by Gasteiger charge is 2.20. The number of hydrogen-bond donors (Lipinski definition) is 0. The van der Waals surface area contributed by atoms with Crippen LogP contribution in [0.2, 0.25) is 0 Å². The second-order valence-electron chi connectivity index (χ2n) is 5.76. The van der Waals surface area contributed by atoms with Gasteiger partial charge in [0.15, 0.2) is 5.78 Å².